The molecular weight excluding hydrogens is 328 g/mol. The summed E-state index contributed by atoms with van der Waals surface area (Å²) in [5.41, 5.74) is 3.14. The Morgan fingerprint density at radius 1 is 1.27 bits per heavy atom. The first-order valence-electron chi connectivity index (χ1n) is 8.70. The maximum Gasteiger partial charge on any atom is 0.266 e. The average molecular weight is 352 g/mol. The SMILES string of the molecule is Cc1ccc(C(C)C)c(OCC(=O)N(Cc2ccc[nH]2)c2ccn[nH]2)c1. The molecule has 2 aromatic heterocycles. The van der Waals surface area contributed by atoms with E-state index in [0.717, 1.165) is 22.6 Å². The van der Waals surface area contributed by atoms with Gasteiger partial charge in [-0.3, -0.25) is 14.8 Å². The van der Waals surface area contributed by atoms with Crippen LogP contribution in [-0.4, -0.2) is 27.7 Å². The molecule has 0 bridgehead atoms. The maximum absolute atomic E-state index is 12.8. The lowest BCUT2D eigenvalue weighted by molar-refractivity contribution is -0.120. The number of aromatic amines is 2. The van der Waals surface area contributed by atoms with E-state index in [1.807, 2.05) is 31.3 Å². The van der Waals surface area contributed by atoms with Crippen LogP contribution in [0.5, 0.6) is 5.75 Å². The molecule has 0 aliphatic heterocycles. The quantitative estimate of drug-likeness (QED) is 0.679. The molecule has 0 saturated carbocycles. The van der Waals surface area contributed by atoms with E-state index in [9.17, 15) is 4.79 Å². The standard InChI is InChI=1S/C20H24N4O2/c1-14(2)17-7-6-15(3)11-18(17)26-13-20(25)24(19-8-10-22-23-19)12-16-5-4-9-21-16/h4-11,14,21H,12-13H2,1-3H3,(H,22,23). The zero-order valence-corrected chi connectivity index (χ0v) is 15.3. The van der Waals surface area contributed by atoms with Gasteiger partial charge in [-0.2, -0.15) is 5.10 Å². The van der Waals surface area contributed by atoms with Gasteiger partial charge in [0, 0.05) is 18.0 Å². The van der Waals surface area contributed by atoms with Gasteiger partial charge in [-0.25, -0.2) is 0 Å². The number of aromatic nitrogens is 3. The molecule has 0 fully saturated rings. The number of rotatable bonds is 7. The molecule has 0 radical (unpaired) electrons. The van der Waals surface area contributed by atoms with E-state index in [1.54, 1.807) is 17.2 Å². The van der Waals surface area contributed by atoms with Gasteiger partial charge >= 0.3 is 0 Å². The fraction of sp³-hybridized carbons (Fsp3) is 0.300. The number of nitrogens with one attached hydrogen (secondary N) is 2. The third kappa shape index (κ3) is 4.14. The van der Waals surface area contributed by atoms with Crippen LogP contribution >= 0.6 is 0 Å². The van der Waals surface area contributed by atoms with Gasteiger partial charge in [-0.1, -0.05) is 26.0 Å². The number of carbonyl (C=O) groups is 1. The molecule has 2 N–H and O–H groups in total. The van der Waals surface area contributed by atoms with Gasteiger partial charge in [-0.05, 0) is 42.2 Å². The van der Waals surface area contributed by atoms with Crippen molar-refractivity contribution < 1.29 is 9.53 Å². The van der Waals surface area contributed by atoms with Crippen LogP contribution in [0.2, 0.25) is 0 Å². The van der Waals surface area contributed by atoms with E-state index >= 15 is 0 Å². The first-order chi connectivity index (χ1) is 12.5. The molecule has 3 rings (SSSR count). The van der Waals surface area contributed by atoms with Crippen LogP contribution in [0.3, 0.4) is 0 Å². The number of H-pyrrole nitrogens is 2. The molecule has 0 aliphatic rings. The van der Waals surface area contributed by atoms with Gasteiger partial charge < -0.3 is 9.72 Å². The Morgan fingerprint density at radius 2 is 2.12 bits per heavy atom. The van der Waals surface area contributed by atoms with E-state index in [0.29, 0.717) is 18.3 Å². The zero-order chi connectivity index (χ0) is 18.5. The Hall–Kier alpha value is -3.02. The maximum atomic E-state index is 12.8. The van der Waals surface area contributed by atoms with Gasteiger partial charge in [0.25, 0.3) is 5.91 Å². The molecule has 3 aromatic rings. The van der Waals surface area contributed by atoms with Gasteiger partial charge in [0.1, 0.15) is 11.6 Å². The molecule has 6 nitrogen and oxygen atoms in total. The Kier molecular flexibility index (Phi) is 5.41. The topological polar surface area (TPSA) is 74.0 Å². The highest BCUT2D eigenvalue weighted by atomic mass is 16.5. The highest BCUT2D eigenvalue weighted by Gasteiger charge is 2.19. The number of nitrogens with zero attached hydrogens (tertiary/aromatic N) is 2. The van der Waals surface area contributed by atoms with Crippen LogP contribution in [0.1, 0.15) is 36.6 Å². The van der Waals surface area contributed by atoms with Crippen molar-refractivity contribution in [1.82, 2.24) is 15.2 Å². The van der Waals surface area contributed by atoms with Crippen molar-refractivity contribution in [2.24, 2.45) is 0 Å². The molecule has 0 aliphatic carbocycles. The van der Waals surface area contributed by atoms with Crippen molar-refractivity contribution in [1.29, 1.82) is 0 Å². The average Bonchev–Trinajstić information content (AvgIpc) is 3.30. The van der Waals surface area contributed by atoms with E-state index in [1.165, 1.54) is 0 Å². The minimum Gasteiger partial charge on any atom is -0.483 e. The lowest BCUT2D eigenvalue weighted by Crippen LogP contribution is -2.35. The second-order valence-electron chi connectivity index (χ2n) is 6.60. The summed E-state index contributed by atoms with van der Waals surface area (Å²) in [6.45, 7) is 6.62. The fourth-order valence-corrected chi connectivity index (χ4v) is 2.80. The van der Waals surface area contributed by atoms with Crippen molar-refractivity contribution in [2.75, 3.05) is 11.5 Å². The summed E-state index contributed by atoms with van der Waals surface area (Å²) in [6, 6.07) is 11.7. The van der Waals surface area contributed by atoms with Crippen molar-refractivity contribution in [3.05, 3.63) is 65.6 Å². The number of benzene rings is 1. The second-order valence-corrected chi connectivity index (χ2v) is 6.60. The van der Waals surface area contributed by atoms with Crippen LogP contribution < -0.4 is 9.64 Å². The molecule has 2 heterocycles. The number of anilines is 1. The smallest absolute Gasteiger partial charge is 0.266 e. The highest BCUT2D eigenvalue weighted by Crippen LogP contribution is 2.27. The molecule has 26 heavy (non-hydrogen) atoms. The number of aryl methyl sites for hydroxylation is 1. The molecule has 0 spiro atoms. The Balaban J connectivity index is 1.75. The van der Waals surface area contributed by atoms with Crippen LogP contribution in [0.15, 0.2) is 48.8 Å². The molecule has 1 amide bonds. The molecule has 136 valence electrons. The second kappa shape index (κ2) is 7.91. The summed E-state index contributed by atoms with van der Waals surface area (Å²) in [5.74, 6) is 1.59. The van der Waals surface area contributed by atoms with Crippen molar-refractivity contribution in [3.63, 3.8) is 0 Å². The molecule has 0 atom stereocenters. The summed E-state index contributed by atoms with van der Waals surface area (Å²) in [6.07, 6.45) is 3.46. The van der Waals surface area contributed by atoms with Crippen LogP contribution in [-0.2, 0) is 11.3 Å². The molecule has 1 aromatic carbocycles. The van der Waals surface area contributed by atoms with Gasteiger partial charge in [0.05, 0.1) is 12.7 Å². The predicted octanol–water partition coefficient (Wildman–Crippen LogP) is 3.78. The van der Waals surface area contributed by atoms with Crippen LogP contribution in [0.4, 0.5) is 5.82 Å². The first kappa shape index (κ1) is 17.8. The zero-order valence-electron chi connectivity index (χ0n) is 15.3. The van der Waals surface area contributed by atoms with E-state index in [-0.39, 0.29) is 12.5 Å². The lowest BCUT2D eigenvalue weighted by atomic mass is 10.0. The third-order valence-corrected chi connectivity index (χ3v) is 4.21. The largest absolute Gasteiger partial charge is 0.483 e. The minimum absolute atomic E-state index is 0.0388. The number of carbonyl (C=O) groups excluding carboxylic acids is 1. The Bertz CT molecular complexity index is 839. The Morgan fingerprint density at radius 3 is 2.77 bits per heavy atom. The highest BCUT2D eigenvalue weighted by molar-refractivity contribution is 5.93. The molecular formula is C20H24N4O2. The van der Waals surface area contributed by atoms with Gasteiger partial charge in [0.15, 0.2) is 6.61 Å². The summed E-state index contributed by atoms with van der Waals surface area (Å²) in [5, 5.41) is 6.81. The lowest BCUT2D eigenvalue weighted by Gasteiger charge is -2.21. The van der Waals surface area contributed by atoms with Crippen LogP contribution in [0, 0.1) is 6.92 Å². The van der Waals surface area contributed by atoms with Gasteiger partial charge in [-0.15, -0.1) is 0 Å². The molecule has 0 saturated heterocycles. The number of ether oxygens (including phenoxy) is 1. The fourth-order valence-electron chi connectivity index (χ4n) is 2.80. The van der Waals surface area contributed by atoms with E-state index < -0.39 is 0 Å². The van der Waals surface area contributed by atoms with Gasteiger partial charge in [0.2, 0.25) is 0 Å². The van der Waals surface area contributed by atoms with Crippen molar-refractivity contribution >= 4 is 11.7 Å². The van der Waals surface area contributed by atoms with Crippen molar-refractivity contribution in [3.8, 4) is 5.75 Å². The summed E-state index contributed by atoms with van der Waals surface area (Å²) in [7, 11) is 0. The van der Waals surface area contributed by atoms with E-state index in [4.69, 9.17) is 4.74 Å². The van der Waals surface area contributed by atoms with Crippen molar-refractivity contribution in [2.45, 2.75) is 33.2 Å². The minimum atomic E-state index is -0.139. The monoisotopic (exact) mass is 352 g/mol. The molecule has 6 heteroatoms. The Labute approximate surface area is 153 Å². The summed E-state index contributed by atoms with van der Waals surface area (Å²) < 4.78 is 5.90. The normalized spacial score (nSPS) is 10.9. The molecule has 0 unspecified atom stereocenters. The van der Waals surface area contributed by atoms with Crippen LogP contribution in [0.25, 0.3) is 0 Å². The first-order valence-corrected chi connectivity index (χ1v) is 8.70. The summed E-state index contributed by atoms with van der Waals surface area (Å²) in [4.78, 5) is 17.6. The summed E-state index contributed by atoms with van der Waals surface area (Å²) >= 11 is 0. The number of hydrogen-bond donors (Lipinski definition) is 2. The predicted molar refractivity (Wildman–Crippen MR) is 101 cm³/mol. The van der Waals surface area contributed by atoms with E-state index in [2.05, 4.69) is 41.2 Å². The number of hydrogen-bond acceptors (Lipinski definition) is 3. The number of amides is 1. The third-order valence-electron chi connectivity index (χ3n) is 4.21.